The number of carbonyl (C=O) groups is 1. The van der Waals surface area contributed by atoms with Gasteiger partial charge < -0.3 is 14.2 Å². The summed E-state index contributed by atoms with van der Waals surface area (Å²) in [4.78, 5) is 23.5. The molecule has 4 aromatic rings. The van der Waals surface area contributed by atoms with Crippen molar-refractivity contribution in [1.82, 2.24) is 20.0 Å². The summed E-state index contributed by atoms with van der Waals surface area (Å²) in [5.74, 6) is 1.93. The molecule has 7 heteroatoms. The van der Waals surface area contributed by atoms with Crippen LogP contribution in [0.3, 0.4) is 0 Å². The Bertz CT molecular complexity index is 1260. The second-order valence-electron chi connectivity index (χ2n) is 8.59. The van der Waals surface area contributed by atoms with Gasteiger partial charge >= 0.3 is 0 Å². The van der Waals surface area contributed by atoms with Gasteiger partial charge in [-0.05, 0) is 54.8 Å². The second kappa shape index (κ2) is 7.85. The van der Waals surface area contributed by atoms with Gasteiger partial charge in [0.2, 0.25) is 11.7 Å². The topological polar surface area (TPSA) is 81.4 Å². The van der Waals surface area contributed by atoms with Crippen LogP contribution in [0.2, 0.25) is 0 Å². The Labute approximate surface area is 191 Å². The van der Waals surface area contributed by atoms with Crippen LogP contribution < -0.4 is 4.74 Å². The number of hydrogen-bond donors (Lipinski definition) is 0. The van der Waals surface area contributed by atoms with Crippen LogP contribution in [0.5, 0.6) is 5.75 Å². The van der Waals surface area contributed by atoms with E-state index in [1.54, 1.807) is 12.4 Å². The largest absolute Gasteiger partial charge is 0.487 e. The monoisotopic (exact) mass is 438 g/mol. The number of ether oxygens (including phenoxy) is 1. The lowest BCUT2D eigenvalue weighted by Gasteiger charge is -2.41. The van der Waals surface area contributed by atoms with Gasteiger partial charge in [0.05, 0.1) is 24.1 Å². The molecule has 0 atom stereocenters. The van der Waals surface area contributed by atoms with Gasteiger partial charge in [-0.15, -0.1) is 0 Å². The van der Waals surface area contributed by atoms with Crippen molar-refractivity contribution in [1.29, 1.82) is 0 Å². The molecular weight excluding hydrogens is 416 g/mol. The number of rotatable bonds is 6. The fourth-order valence-corrected chi connectivity index (χ4v) is 4.31. The van der Waals surface area contributed by atoms with Gasteiger partial charge in [0.25, 0.3) is 5.89 Å². The first-order valence-corrected chi connectivity index (χ1v) is 11.1. The van der Waals surface area contributed by atoms with Crippen molar-refractivity contribution in [2.45, 2.75) is 24.4 Å². The minimum atomic E-state index is -0.312. The van der Waals surface area contributed by atoms with Crippen molar-refractivity contribution in [3.8, 4) is 28.6 Å². The Morgan fingerprint density at radius 1 is 0.970 bits per heavy atom. The van der Waals surface area contributed by atoms with Crippen molar-refractivity contribution < 1.29 is 14.1 Å². The summed E-state index contributed by atoms with van der Waals surface area (Å²) in [6.07, 6.45) is 5.25. The third-order valence-electron chi connectivity index (χ3n) is 6.37. The van der Waals surface area contributed by atoms with Crippen LogP contribution in [-0.2, 0) is 10.2 Å². The Morgan fingerprint density at radius 3 is 2.45 bits per heavy atom. The molecule has 0 spiro atoms. The van der Waals surface area contributed by atoms with E-state index < -0.39 is 0 Å². The van der Waals surface area contributed by atoms with Crippen molar-refractivity contribution >= 4 is 5.91 Å². The molecule has 6 rings (SSSR count). The van der Waals surface area contributed by atoms with Crippen LogP contribution in [0.4, 0.5) is 0 Å². The number of pyridine rings is 1. The summed E-state index contributed by atoms with van der Waals surface area (Å²) in [7, 11) is 0. The van der Waals surface area contributed by atoms with Crippen LogP contribution in [0, 0.1) is 0 Å². The van der Waals surface area contributed by atoms with Crippen molar-refractivity contribution in [3.63, 3.8) is 0 Å². The van der Waals surface area contributed by atoms with Crippen LogP contribution in [0.15, 0.2) is 83.6 Å². The number of amides is 1. The average molecular weight is 438 g/mol. The van der Waals surface area contributed by atoms with Gasteiger partial charge in [0, 0.05) is 18.0 Å². The Morgan fingerprint density at radius 2 is 1.76 bits per heavy atom. The average Bonchev–Trinajstić information content (AvgIpc) is 3.52. The lowest BCUT2D eigenvalue weighted by molar-refractivity contribution is -0.142. The number of hydrogen-bond acceptors (Lipinski definition) is 6. The Kier molecular flexibility index (Phi) is 4.68. The zero-order valence-corrected chi connectivity index (χ0v) is 17.9. The minimum Gasteiger partial charge on any atom is -0.487 e. The maximum absolute atomic E-state index is 13.1. The van der Waals surface area contributed by atoms with Gasteiger partial charge in [0.1, 0.15) is 11.9 Å². The van der Waals surface area contributed by atoms with E-state index in [-0.39, 0.29) is 17.4 Å². The molecule has 3 heterocycles. The molecule has 1 aliphatic heterocycles. The van der Waals surface area contributed by atoms with E-state index in [9.17, 15) is 4.79 Å². The molecule has 1 saturated carbocycles. The van der Waals surface area contributed by atoms with E-state index in [1.165, 1.54) is 0 Å². The molecule has 1 saturated heterocycles. The van der Waals surface area contributed by atoms with Crippen LogP contribution in [0.25, 0.3) is 22.8 Å². The molecule has 1 aliphatic carbocycles. The highest BCUT2D eigenvalue weighted by molar-refractivity contribution is 5.92. The molecule has 0 radical (unpaired) electrons. The summed E-state index contributed by atoms with van der Waals surface area (Å²) in [5, 5.41) is 4.07. The zero-order valence-electron chi connectivity index (χ0n) is 17.9. The molecule has 2 aromatic carbocycles. The summed E-state index contributed by atoms with van der Waals surface area (Å²) in [6, 6.07) is 21.4. The second-order valence-corrected chi connectivity index (χ2v) is 8.59. The number of nitrogens with zero attached hydrogens (tertiary/aromatic N) is 4. The first kappa shape index (κ1) is 19.7. The highest BCUT2D eigenvalue weighted by Crippen LogP contribution is 2.50. The molecule has 2 aromatic heterocycles. The van der Waals surface area contributed by atoms with Gasteiger partial charge in [-0.1, -0.05) is 35.5 Å². The lowest BCUT2D eigenvalue weighted by atomic mass is 9.93. The summed E-state index contributed by atoms with van der Waals surface area (Å²) in [5.41, 5.74) is 2.43. The van der Waals surface area contributed by atoms with Gasteiger partial charge in [0.15, 0.2) is 0 Å². The van der Waals surface area contributed by atoms with E-state index in [0.717, 1.165) is 35.3 Å². The zero-order chi connectivity index (χ0) is 22.3. The fourth-order valence-electron chi connectivity index (χ4n) is 4.31. The molecule has 2 aliphatic rings. The van der Waals surface area contributed by atoms with E-state index in [2.05, 4.69) is 27.3 Å². The standard InChI is InChI=1S/C26H22N4O3/c31-25(26(12-13-26)20-6-2-1-3-7-20)30-16-22(17-30)32-21-10-8-18(9-11-21)23-28-24(33-29-23)19-5-4-14-27-15-19/h1-11,14-15,22H,12-13,16-17H2. The lowest BCUT2D eigenvalue weighted by Crippen LogP contribution is -2.58. The Hall–Kier alpha value is -4.00. The van der Waals surface area contributed by atoms with E-state index in [0.29, 0.717) is 24.8 Å². The molecular formula is C26H22N4O3. The van der Waals surface area contributed by atoms with Crippen LogP contribution in [-0.4, -0.2) is 45.1 Å². The molecule has 7 nitrogen and oxygen atoms in total. The summed E-state index contributed by atoms with van der Waals surface area (Å²) < 4.78 is 11.4. The third-order valence-corrected chi connectivity index (χ3v) is 6.37. The Balaban J connectivity index is 1.06. The van der Waals surface area contributed by atoms with E-state index >= 15 is 0 Å². The molecule has 2 fully saturated rings. The number of likely N-dealkylation sites (tertiary alicyclic amines) is 1. The molecule has 1 amide bonds. The van der Waals surface area contributed by atoms with Gasteiger partial charge in [-0.25, -0.2) is 0 Å². The number of carbonyl (C=O) groups excluding carboxylic acids is 1. The molecule has 0 bridgehead atoms. The summed E-state index contributed by atoms with van der Waals surface area (Å²) >= 11 is 0. The first-order chi connectivity index (χ1) is 16.2. The first-order valence-electron chi connectivity index (χ1n) is 11.1. The van der Waals surface area contributed by atoms with E-state index in [4.69, 9.17) is 9.26 Å². The van der Waals surface area contributed by atoms with Crippen molar-refractivity contribution in [2.24, 2.45) is 0 Å². The fraction of sp³-hybridized carbons (Fsp3) is 0.231. The highest BCUT2D eigenvalue weighted by atomic mass is 16.5. The van der Waals surface area contributed by atoms with E-state index in [1.807, 2.05) is 59.5 Å². The van der Waals surface area contributed by atoms with Crippen molar-refractivity contribution in [2.75, 3.05) is 13.1 Å². The predicted molar refractivity (Wildman–Crippen MR) is 121 cm³/mol. The highest BCUT2D eigenvalue weighted by Gasteiger charge is 2.54. The molecule has 164 valence electrons. The third kappa shape index (κ3) is 3.65. The quantitative estimate of drug-likeness (QED) is 0.450. The number of benzene rings is 2. The van der Waals surface area contributed by atoms with Crippen LogP contribution >= 0.6 is 0 Å². The smallest absolute Gasteiger partial charge is 0.259 e. The molecule has 0 N–H and O–H groups in total. The minimum absolute atomic E-state index is 0.00809. The maximum Gasteiger partial charge on any atom is 0.259 e. The van der Waals surface area contributed by atoms with Gasteiger partial charge in [-0.3, -0.25) is 9.78 Å². The maximum atomic E-state index is 13.1. The molecule has 33 heavy (non-hydrogen) atoms. The van der Waals surface area contributed by atoms with Crippen molar-refractivity contribution in [3.05, 3.63) is 84.7 Å². The summed E-state index contributed by atoms with van der Waals surface area (Å²) in [6.45, 7) is 1.24. The number of aromatic nitrogens is 3. The predicted octanol–water partition coefficient (Wildman–Crippen LogP) is 4.12. The molecule has 0 unspecified atom stereocenters. The SMILES string of the molecule is O=C(N1CC(Oc2ccc(-c3noc(-c4cccnc4)n3)cc2)C1)C1(c2ccccc2)CC1. The normalized spacial score (nSPS) is 16.8. The van der Waals surface area contributed by atoms with Gasteiger partial charge in [-0.2, -0.15) is 4.98 Å². The van der Waals surface area contributed by atoms with Crippen LogP contribution in [0.1, 0.15) is 18.4 Å².